The van der Waals surface area contributed by atoms with E-state index in [0.717, 1.165) is 6.42 Å². The van der Waals surface area contributed by atoms with Crippen LogP contribution in [0.25, 0.3) is 0 Å². The predicted octanol–water partition coefficient (Wildman–Crippen LogP) is -0.492. The fourth-order valence-electron chi connectivity index (χ4n) is 2.59. The second-order valence-electron chi connectivity index (χ2n) is 7.14. The van der Waals surface area contributed by atoms with E-state index in [9.17, 15) is 24.3 Å². The summed E-state index contributed by atoms with van der Waals surface area (Å²) in [6.45, 7) is 2.02. The number of hydrogen-bond acceptors (Lipinski definition) is 8. The molecule has 31 heavy (non-hydrogen) atoms. The number of carboxylic acids is 1. The van der Waals surface area contributed by atoms with Crippen LogP contribution in [-0.4, -0.2) is 83.5 Å². The number of rotatable bonds is 17. The van der Waals surface area contributed by atoms with Gasteiger partial charge in [-0.2, -0.15) is 23.5 Å². The molecule has 0 aromatic rings. The standard InChI is InChI=1S/C19H37N5O5S2/c1-12(22-17(26)13(21)6-4-5-9-20)16(25)23-14(7-10-30-2)18(27)24-15(19(28)29)8-11-31-3/h12-15H,4-11,20-21H2,1-3H3,(H,22,26)(H,23,25)(H,24,27)(H,28,29). The van der Waals surface area contributed by atoms with Gasteiger partial charge in [-0.25, -0.2) is 4.79 Å². The average Bonchev–Trinajstić information content (AvgIpc) is 2.73. The van der Waals surface area contributed by atoms with Crippen molar-refractivity contribution in [2.24, 2.45) is 11.5 Å². The number of nitrogens with two attached hydrogens (primary N) is 2. The number of amides is 3. The monoisotopic (exact) mass is 479 g/mol. The third-order valence-electron chi connectivity index (χ3n) is 4.53. The molecule has 12 heteroatoms. The third kappa shape index (κ3) is 12.8. The lowest BCUT2D eigenvalue weighted by Gasteiger charge is -2.23. The maximum atomic E-state index is 12.6. The Morgan fingerprint density at radius 3 is 1.90 bits per heavy atom. The van der Waals surface area contributed by atoms with Crippen molar-refractivity contribution in [1.82, 2.24) is 16.0 Å². The van der Waals surface area contributed by atoms with Gasteiger partial charge in [-0.3, -0.25) is 14.4 Å². The predicted molar refractivity (Wildman–Crippen MR) is 126 cm³/mol. The highest BCUT2D eigenvalue weighted by atomic mass is 32.2. The van der Waals surface area contributed by atoms with Crippen molar-refractivity contribution in [3.63, 3.8) is 0 Å². The van der Waals surface area contributed by atoms with Crippen LogP contribution in [0, 0.1) is 0 Å². The number of unbranched alkanes of at least 4 members (excludes halogenated alkanes) is 1. The van der Waals surface area contributed by atoms with E-state index in [1.165, 1.54) is 30.4 Å². The highest BCUT2D eigenvalue weighted by molar-refractivity contribution is 7.98. The summed E-state index contributed by atoms with van der Waals surface area (Å²) < 4.78 is 0. The highest BCUT2D eigenvalue weighted by Gasteiger charge is 2.28. The molecule has 4 unspecified atom stereocenters. The fourth-order valence-corrected chi connectivity index (χ4v) is 3.54. The zero-order valence-corrected chi connectivity index (χ0v) is 20.2. The fraction of sp³-hybridized carbons (Fsp3) is 0.789. The Kier molecular flexibility index (Phi) is 16.3. The van der Waals surface area contributed by atoms with Crippen LogP contribution in [0.4, 0.5) is 0 Å². The Balaban J connectivity index is 4.92. The largest absolute Gasteiger partial charge is 0.480 e. The lowest BCUT2D eigenvalue weighted by Crippen LogP contribution is -2.56. The van der Waals surface area contributed by atoms with Crippen molar-refractivity contribution < 1.29 is 24.3 Å². The molecule has 0 fully saturated rings. The first-order valence-electron chi connectivity index (χ1n) is 10.2. The van der Waals surface area contributed by atoms with E-state index < -0.39 is 47.9 Å². The number of carbonyl (C=O) groups excluding carboxylic acids is 3. The minimum absolute atomic E-state index is 0.278. The van der Waals surface area contributed by atoms with Gasteiger partial charge in [-0.1, -0.05) is 6.42 Å². The molecule has 0 aliphatic carbocycles. The summed E-state index contributed by atoms with van der Waals surface area (Å²) in [6, 6.07) is -3.58. The first kappa shape index (κ1) is 29.5. The quantitative estimate of drug-likeness (QED) is 0.150. The maximum Gasteiger partial charge on any atom is 0.326 e. The van der Waals surface area contributed by atoms with Gasteiger partial charge in [-0.15, -0.1) is 0 Å². The number of carboxylic acid groups (broad SMARTS) is 1. The molecule has 180 valence electrons. The Morgan fingerprint density at radius 2 is 1.39 bits per heavy atom. The number of nitrogens with one attached hydrogen (secondary N) is 3. The molecule has 0 spiro atoms. The first-order valence-corrected chi connectivity index (χ1v) is 13.0. The minimum atomic E-state index is -1.12. The van der Waals surface area contributed by atoms with Crippen LogP contribution in [-0.2, 0) is 19.2 Å². The number of aliphatic carboxylic acids is 1. The van der Waals surface area contributed by atoms with Gasteiger partial charge in [0.15, 0.2) is 0 Å². The molecule has 0 bridgehead atoms. The Morgan fingerprint density at radius 1 is 0.839 bits per heavy atom. The van der Waals surface area contributed by atoms with E-state index in [-0.39, 0.29) is 6.42 Å². The molecule has 0 saturated carbocycles. The van der Waals surface area contributed by atoms with Crippen molar-refractivity contribution >= 4 is 47.2 Å². The van der Waals surface area contributed by atoms with Gasteiger partial charge in [0, 0.05) is 0 Å². The molecule has 0 aliphatic rings. The molecular formula is C19H37N5O5S2. The van der Waals surface area contributed by atoms with Crippen molar-refractivity contribution in [1.29, 1.82) is 0 Å². The zero-order valence-electron chi connectivity index (χ0n) is 18.5. The van der Waals surface area contributed by atoms with Crippen LogP contribution in [0.3, 0.4) is 0 Å². The van der Waals surface area contributed by atoms with Crippen LogP contribution in [0.2, 0.25) is 0 Å². The maximum absolute atomic E-state index is 12.6. The van der Waals surface area contributed by atoms with Crippen molar-refractivity contribution in [2.45, 2.75) is 63.2 Å². The lowest BCUT2D eigenvalue weighted by molar-refractivity contribution is -0.142. The van der Waals surface area contributed by atoms with E-state index in [1.807, 2.05) is 12.5 Å². The Hall–Kier alpha value is -1.50. The SMILES string of the molecule is CSCCC(NC(=O)C(CCSC)NC(=O)C(C)NC(=O)C(N)CCCCN)C(=O)O. The number of carbonyl (C=O) groups is 4. The van der Waals surface area contributed by atoms with Crippen LogP contribution >= 0.6 is 23.5 Å². The van der Waals surface area contributed by atoms with Gasteiger partial charge in [0.05, 0.1) is 6.04 Å². The highest BCUT2D eigenvalue weighted by Crippen LogP contribution is 2.06. The minimum Gasteiger partial charge on any atom is -0.480 e. The van der Waals surface area contributed by atoms with Gasteiger partial charge in [0.2, 0.25) is 17.7 Å². The van der Waals surface area contributed by atoms with Crippen LogP contribution < -0.4 is 27.4 Å². The van der Waals surface area contributed by atoms with Gasteiger partial charge < -0.3 is 32.5 Å². The van der Waals surface area contributed by atoms with E-state index in [2.05, 4.69) is 16.0 Å². The van der Waals surface area contributed by atoms with Crippen LogP contribution in [0.5, 0.6) is 0 Å². The van der Waals surface area contributed by atoms with Crippen molar-refractivity contribution in [3.8, 4) is 0 Å². The summed E-state index contributed by atoms with van der Waals surface area (Å²) in [5.74, 6) is -1.51. The Labute approximate surface area is 192 Å². The molecular weight excluding hydrogens is 442 g/mol. The summed E-state index contributed by atoms with van der Waals surface area (Å²) in [4.78, 5) is 48.8. The molecule has 0 heterocycles. The number of thioether (sulfide) groups is 2. The molecule has 0 radical (unpaired) electrons. The van der Waals surface area contributed by atoms with Crippen molar-refractivity contribution in [2.75, 3.05) is 30.6 Å². The molecule has 0 rings (SSSR count). The summed E-state index contributed by atoms with van der Waals surface area (Å²) >= 11 is 2.98. The lowest BCUT2D eigenvalue weighted by atomic mass is 10.1. The summed E-state index contributed by atoms with van der Waals surface area (Å²) in [7, 11) is 0. The molecule has 4 atom stereocenters. The molecule has 0 aromatic carbocycles. The molecule has 0 aliphatic heterocycles. The second-order valence-corrected chi connectivity index (χ2v) is 9.12. The van der Waals surface area contributed by atoms with Gasteiger partial charge in [-0.05, 0) is 63.2 Å². The normalized spacial score (nSPS) is 14.7. The summed E-state index contributed by atoms with van der Waals surface area (Å²) in [6.07, 6.45) is 6.25. The van der Waals surface area contributed by atoms with Crippen LogP contribution in [0.15, 0.2) is 0 Å². The first-order chi connectivity index (χ1) is 14.7. The summed E-state index contributed by atoms with van der Waals surface area (Å²) in [5.41, 5.74) is 11.3. The van der Waals surface area contributed by atoms with Gasteiger partial charge in [0.1, 0.15) is 18.1 Å². The number of hydrogen-bond donors (Lipinski definition) is 6. The third-order valence-corrected chi connectivity index (χ3v) is 5.81. The topological polar surface area (TPSA) is 177 Å². The zero-order chi connectivity index (χ0) is 23.8. The van der Waals surface area contributed by atoms with Gasteiger partial charge in [0.25, 0.3) is 0 Å². The van der Waals surface area contributed by atoms with Gasteiger partial charge >= 0.3 is 5.97 Å². The Bertz CT molecular complexity index is 582. The average molecular weight is 480 g/mol. The van der Waals surface area contributed by atoms with E-state index >= 15 is 0 Å². The molecule has 3 amide bonds. The van der Waals surface area contributed by atoms with Crippen molar-refractivity contribution in [3.05, 3.63) is 0 Å². The van der Waals surface area contributed by atoms with E-state index in [1.54, 1.807) is 0 Å². The molecule has 10 nitrogen and oxygen atoms in total. The van der Waals surface area contributed by atoms with E-state index in [0.29, 0.717) is 37.3 Å². The smallest absolute Gasteiger partial charge is 0.326 e. The summed E-state index contributed by atoms with van der Waals surface area (Å²) in [5, 5.41) is 17.0. The molecule has 0 saturated heterocycles. The van der Waals surface area contributed by atoms with Crippen LogP contribution in [0.1, 0.15) is 39.0 Å². The van der Waals surface area contributed by atoms with E-state index in [4.69, 9.17) is 11.5 Å². The molecule has 0 aromatic heterocycles. The molecule has 8 N–H and O–H groups in total. The second kappa shape index (κ2) is 17.1.